The number of hydrogen-bond donors (Lipinski definition) is 1. The topological polar surface area (TPSA) is 62.2 Å². The highest BCUT2D eigenvalue weighted by molar-refractivity contribution is 6.11. The Morgan fingerprint density at radius 1 is 0.676 bits per heavy atom. The van der Waals surface area contributed by atoms with Gasteiger partial charge in [0, 0.05) is 27.2 Å². The molecule has 4 aromatic carbocycles. The predicted octanol–water partition coefficient (Wildman–Crippen LogP) is 6.93. The molecule has 6 aromatic rings. The van der Waals surface area contributed by atoms with Crippen molar-refractivity contribution in [1.29, 1.82) is 0 Å². The van der Waals surface area contributed by atoms with Gasteiger partial charge in [-0.25, -0.2) is 4.79 Å². The fourth-order valence-electron chi connectivity index (χ4n) is 5.18. The number of esters is 1. The van der Waals surface area contributed by atoms with Gasteiger partial charge in [0.15, 0.2) is 0 Å². The average molecular weight is 484 g/mol. The first-order valence-corrected chi connectivity index (χ1v) is 12.0. The van der Waals surface area contributed by atoms with Gasteiger partial charge < -0.3 is 15.0 Å². The minimum atomic E-state index is -0.495. The van der Waals surface area contributed by atoms with Gasteiger partial charge in [0.05, 0.1) is 34.7 Å². The fraction of sp³-hybridized carbons (Fsp3) is 0.0312. The molecule has 2 aromatic heterocycles. The number of ether oxygens (including phenoxy) is 1. The van der Waals surface area contributed by atoms with Crippen molar-refractivity contribution in [3.63, 3.8) is 0 Å². The van der Waals surface area contributed by atoms with Crippen LogP contribution in [-0.4, -0.2) is 22.2 Å². The lowest BCUT2D eigenvalue weighted by atomic mass is 10.2. The molecule has 180 valence electrons. The molecule has 0 bridgehead atoms. The van der Waals surface area contributed by atoms with E-state index in [0.29, 0.717) is 17.1 Å². The maximum Gasteiger partial charge on any atom is 0.338 e. The third kappa shape index (κ3) is 3.60. The molecule has 0 fully saturated rings. The summed E-state index contributed by atoms with van der Waals surface area (Å²) >= 11 is 0. The minimum Gasteiger partial charge on any atom is -0.465 e. The number of nitrogens with two attached hydrogens (primary N) is 1. The average Bonchev–Trinajstić information content (AvgIpc) is 3.45. The zero-order chi connectivity index (χ0) is 25.5. The Morgan fingerprint density at radius 2 is 1.05 bits per heavy atom. The second kappa shape index (κ2) is 8.88. The van der Waals surface area contributed by atoms with E-state index in [1.807, 2.05) is 65.2 Å². The molecule has 0 amide bonds. The van der Waals surface area contributed by atoms with Gasteiger partial charge in [0.2, 0.25) is 0 Å². The Morgan fingerprint density at radius 3 is 1.46 bits per heavy atom. The molecular weight excluding hydrogens is 458 g/mol. The number of aromatic nitrogens is 2. The van der Waals surface area contributed by atoms with E-state index in [9.17, 15) is 4.79 Å². The number of benzene rings is 4. The highest BCUT2D eigenvalue weighted by Gasteiger charge is 2.16. The molecule has 0 aliphatic carbocycles. The Balaban J connectivity index is 1.53. The normalized spacial score (nSPS) is 12.6. The molecule has 2 N–H and O–H groups in total. The summed E-state index contributed by atoms with van der Waals surface area (Å²) in [5, 5.41) is 4.42. The van der Waals surface area contributed by atoms with E-state index in [0.717, 1.165) is 43.6 Å². The molecule has 0 spiro atoms. The van der Waals surface area contributed by atoms with Gasteiger partial charge in [0.25, 0.3) is 0 Å². The van der Waals surface area contributed by atoms with Crippen LogP contribution in [0.15, 0.2) is 121 Å². The van der Waals surface area contributed by atoms with Crippen LogP contribution in [0.5, 0.6) is 0 Å². The lowest BCUT2D eigenvalue weighted by Crippen LogP contribution is -2.10. The molecule has 6 rings (SSSR count). The van der Waals surface area contributed by atoms with Gasteiger partial charge in [-0.05, 0) is 36.4 Å². The van der Waals surface area contributed by atoms with Crippen LogP contribution in [0.4, 0.5) is 0 Å². The van der Waals surface area contributed by atoms with Crippen molar-refractivity contribution in [3.05, 3.63) is 121 Å². The van der Waals surface area contributed by atoms with E-state index < -0.39 is 5.97 Å². The van der Waals surface area contributed by atoms with E-state index >= 15 is 0 Å². The Hall–Kier alpha value is -5.03. The van der Waals surface area contributed by atoms with Crippen LogP contribution in [0.3, 0.4) is 0 Å². The van der Waals surface area contributed by atoms with Crippen molar-refractivity contribution in [2.24, 2.45) is 5.73 Å². The lowest BCUT2D eigenvalue weighted by molar-refractivity contribution is -0.135. The number of rotatable bonds is 5. The van der Waals surface area contributed by atoms with Crippen LogP contribution in [0.25, 0.3) is 55.1 Å². The Kier molecular flexibility index (Phi) is 5.38. The summed E-state index contributed by atoms with van der Waals surface area (Å²) in [7, 11) is 1.36. The summed E-state index contributed by atoms with van der Waals surface area (Å²) < 4.78 is 9.15. The second-order valence-electron chi connectivity index (χ2n) is 8.89. The van der Waals surface area contributed by atoms with Crippen molar-refractivity contribution in [1.82, 2.24) is 9.13 Å². The number of fused-ring (bicyclic) bond motifs is 6. The molecule has 0 aliphatic rings. The predicted molar refractivity (Wildman–Crippen MR) is 153 cm³/mol. The smallest absolute Gasteiger partial charge is 0.338 e. The molecule has 0 saturated carbocycles. The fourth-order valence-corrected chi connectivity index (χ4v) is 5.18. The SMILES string of the molecule is C=C(/C=C(\C=C(/N)n1c2ccccc2c2ccccc21)C(=O)OC)n1c2ccccc2c2ccccc21. The third-order valence-electron chi connectivity index (χ3n) is 6.75. The van der Waals surface area contributed by atoms with Crippen LogP contribution in [0, 0.1) is 0 Å². The van der Waals surface area contributed by atoms with Gasteiger partial charge in [-0.1, -0.05) is 79.4 Å². The van der Waals surface area contributed by atoms with Gasteiger partial charge in [0.1, 0.15) is 5.82 Å². The van der Waals surface area contributed by atoms with Crippen LogP contribution in [0.2, 0.25) is 0 Å². The summed E-state index contributed by atoms with van der Waals surface area (Å²) in [5.74, 6) is -0.0882. The van der Waals surface area contributed by atoms with Gasteiger partial charge in [-0.2, -0.15) is 0 Å². The summed E-state index contributed by atoms with van der Waals surface area (Å²) in [6.07, 6.45) is 3.38. The first-order valence-electron chi connectivity index (χ1n) is 12.0. The molecule has 0 unspecified atom stereocenters. The van der Waals surface area contributed by atoms with Crippen LogP contribution < -0.4 is 5.73 Å². The zero-order valence-corrected chi connectivity index (χ0v) is 20.4. The van der Waals surface area contributed by atoms with Crippen LogP contribution in [0.1, 0.15) is 0 Å². The summed E-state index contributed by atoms with van der Waals surface area (Å²) in [5.41, 5.74) is 11.5. The number of methoxy groups -OCH3 is 1. The molecule has 2 heterocycles. The third-order valence-corrected chi connectivity index (χ3v) is 6.75. The summed E-state index contributed by atoms with van der Waals surface area (Å²) in [6.45, 7) is 4.33. The zero-order valence-electron chi connectivity index (χ0n) is 20.4. The van der Waals surface area contributed by atoms with Crippen LogP contribution >= 0.6 is 0 Å². The second-order valence-corrected chi connectivity index (χ2v) is 8.89. The highest BCUT2D eigenvalue weighted by Crippen LogP contribution is 2.33. The quantitative estimate of drug-likeness (QED) is 0.164. The standard InChI is InChI=1S/C32H25N3O2/c1-21(34-27-15-7-3-11-23(27)24-12-4-8-16-28(24)34)19-22(32(36)37-2)20-31(33)35-29-17-9-5-13-25(29)26-14-6-10-18-30(26)35/h3-20H,1,33H2,2H3/b22-19+,31-20+. The lowest BCUT2D eigenvalue weighted by Gasteiger charge is -2.11. The number of allylic oxidation sites excluding steroid dienone is 2. The van der Waals surface area contributed by atoms with E-state index in [1.165, 1.54) is 7.11 Å². The largest absolute Gasteiger partial charge is 0.465 e. The van der Waals surface area contributed by atoms with E-state index in [-0.39, 0.29) is 0 Å². The maximum atomic E-state index is 12.9. The number of carbonyl (C=O) groups is 1. The van der Waals surface area contributed by atoms with Crippen molar-refractivity contribution >= 4 is 61.1 Å². The molecule has 5 heteroatoms. The number of nitrogens with zero attached hydrogens (tertiary/aromatic N) is 2. The number of hydrogen-bond acceptors (Lipinski definition) is 3. The molecular formula is C32H25N3O2. The number of para-hydroxylation sites is 4. The number of carbonyl (C=O) groups excluding carboxylic acids is 1. The highest BCUT2D eigenvalue weighted by atomic mass is 16.5. The molecule has 0 saturated heterocycles. The Labute approximate surface area is 214 Å². The molecule has 0 aliphatic heterocycles. The first kappa shape index (κ1) is 22.4. The van der Waals surface area contributed by atoms with Crippen molar-refractivity contribution in [2.45, 2.75) is 0 Å². The van der Waals surface area contributed by atoms with E-state index in [4.69, 9.17) is 10.5 Å². The van der Waals surface area contributed by atoms with Crippen molar-refractivity contribution < 1.29 is 9.53 Å². The summed E-state index contributed by atoms with van der Waals surface area (Å²) in [6, 6.07) is 32.5. The van der Waals surface area contributed by atoms with Gasteiger partial charge in [-0.3, -0.25) is 4.57 Å². The monoisotopic (exact) mass is 483 g/mol. The minimum absolute atomic E-state index is 0.300. The molecule has 0 atom stereocenters. The molecule has 5 nitrogen and oxygen atoms in total. The molecule has 0 radical (unpaired) electrons. The van der Waals surface area contributed by atoms with Gasteiger partial charge in [-0.15, -0.1) is 0 Å². The van der Waals surface area contributed by atoms with Crippen molar-refractivity contribution in [2.75, 3.05) is 7.11 Å². The van der Waals surface area contributed by atoms with E-state index in [1.54, 1.807) is 12.2 Å². The van der Waals surface area contributed by atoms with E-state index in [2.05, 4.69) is 47.5 Å². The first-order chi connectivity index (χ1) is 18.1. The van der Waals surface area contributed by atoms with Crippen molar-refractivity contribution in [3.8, 4) is 0 Å². The molecule has 37 heavy (non-hydrogen) atoms. The van der Waals surface area contributed by atoms with Crippen LogP contribution in [-0.2, 0) is 9.53 Å². The maximum absolute atomic E-state index is 12.9. The Bertz CT molecular complexity index is 1810. The van der Waals surface area contributed by atoms with Gasteiger partial charge >= 0.3 is 5.97 Å². The summed E-state index contributed by atoms with van der Waals surface area (Å²) in [4.78, 5) is 12.9.